The molecular weight excluding hydrogens is 300 g/mol. The molecule has 1 saturated heterocycles. The Kier molecular flexibility index (Phi) is 4.24. The van der Waals surface area contributed by atoms with Gasteiger partial charge >= 0.3 is 0 Å². The first-order chi connectivity index (χ1) is 10.6. The van der Waals surface area contributed by atoms with Gasteiger partial charge in [0.05, 0.1) is 5.69 Å². The molecule has 6 nitrogen and oxygen atoms in total. The van der Waals surface area contributed by atoms with Crippen molar-refractivity contribution in [2.75, 3.05) is 17.2 Å². The second kappa shape index (κ2) is 6.31. The van der Waals surface area contributed by atoms with E-state index in [-0.39, 0.29) is 16.9 Å². The SMILES string of the molecule is CC(=O)SCC1CC(=O)N(c2ccc(-n3cncn3)cc2)C1. The zero-order valence-electron chi connectivity index (χ0n) is 12.2. The molecule has 2 heterocycles. The van der Waals surface area contributed by atoms with Crippen LogP contribution in [0.3, 0.4) is 0 Å². The summed E-state index contributed by atoms with van der Waals surface area (Å²) >= 11 is 1.29. The summed E-state index contributed by atoms with van der Waals surface area (Å²) < 4.78 is 1.67. The Morgan fingerprint density at radius 2 is 2.05 bits per heavy atom. The molecule has 1 fully saturated rings. The van der Waals surface area contributed by atoms with Crippen LogP contribution in [-0.2, 0) is 9.59 Å². The minimum Gasteiger partial charge on any atom is -0.312 e. The van der Waals surface area contributed by atoms with Gasteiger partial charge in [-0.05, 0) is 30.2 Å². The third-order valence-electron chi connectivity index (χ3n) is 3.57. The second-order valence-corrected chi connectivity index (χ2v) is 6.43. The van der Waals surface area contributed by atoms with Crippen molar-refractivity contribution in [3.8, 4) is 5.69 Å². The van der Waals surface area contributed by atoms with Gasteiger partial charge in [-0.25, -0.2) is 9.67 Å². The van der Waals surface area contributed by atoms with Gasteiger partial charge in [0.2, 0.25) is 5.91 Å². The fourth-order valence-corrected chi connectivity index (χ4v) is 3.20. The van der Waals surface area contributed by atoms with Crippen LogP contribution in [0.5, 0.6) is 0 Å². The molecule has 0 aliphatic carbocycles. The third-order valence-corrected chi connectivity index (χ3v) is 4.62. The summed E-state index contributed by atoms with van der Waals surface area (Å²) in [6.45, 7) is 2.23. The molecule has 1 unspecified atom stereocenters. The van der Waals surface area contributed by atoms with Gasteiger partial charge in [0.25, 0.3) is 0 Å². The highest BCUT2D eigenvalue weighted by atomic mass is 32.2. The van der Waals surface area contributed by atoms with Crippen LogP contribution in [0, 0.1) is 5.92 Å². The second-order valence-electron chi connectivity index (χ2n) is 5.23. The Balaban J connectivity index is 1.69. The van der Waals surface area contributed by atoms with E-state index in [9.17, 15) is 9.59 Å². The number of nitrogens with zero attached hydrogens (tertiary/aromatic N) is 4. The van der Waals surface area contributed by atoms with Gasteiger partial charge in [0.15, 0.2) is 5.12 Å². The molecule has 1 amide bonds. The lowest BCUT2D eigenvalue weighted by atomic mass is 10.1. The van der Waals surface area contributed by atoms with Gasteiger partial charge in [-0.2, -0.15) is 5.10 Å². The molecule has 0 bridgehead atoms. The summed E-state index contributed by atoms with van der Waals surface area (Å²) in [6, 6.07) is 7.65. The normalized spacial score (nSPS) is 18.0. The Hall–Kier alpha value is -2.15. The predicted molar refractivity (Wildman–Crippen MR) is 85.0 cm³/mol. The number of carbonyl (C=O) groups is 2. The fraction of sp³-hybridized carbons (Fsp3) is 0.333. The molecule has 0 saturated carbocycles. The van der Waals surface area contributed by atoms with Crippen molar-refractivity contribution in [3.05, 3.63) is 36.9 Å². The van der Waals surface area contributed by atoms with Crippen molar-refractivity contribution >= 4 is 28.5 Å². The topological polar surface area (TPSA) is 68.1 Å². The number of carbonyl (C=O) groups excluding carboxylic acids is 2. The number of anilines is 1. The Bertz CT molecular complexity index is 669. The number of amides is 1. The summed E-state index contributed by atoms with van der Waals surface area (Å²) in [6.07, 6.45) is 3.62. The Morgan fingerprint density at radius 3 is 2.68 bits per heavy atom. The van der Waals surface area contributed by atoms with Crippen LogP contribution in [0.2, 0.25) is 0 Å². The molecule has 114 valence electrons. The van der Waals surface area contributed by atoms with Gasteiger partial charge in [0, 0.05) is 31.3 Å². The largest absolute Gasteiger partial charge is 0.312 e. The van der Waals surface area contributed by atoms with Gasteiger partial charge in [0.1, 0.15) is 12.7 Å². The van der Waals surface area contributed by atoms with Crippen molar-refractivity contribution in [1.29, 1.82) is 0 Å². The molecule has 1 aliphatic heterocycles. The van der Waals surface area contributed by atoms with Crippen LogP contribution in [0.4, 0.5) is 5.69 Å². The molecule has 3 rings (SSSR count). The lowest BCUT2D eigenvalue weighted by Crippen LogP contribution is -2.24. The number of hydrogen-bond acceptors (Lipinski definition) is 5. The molecule has 1 aliphatic rings. The Morgan fingerprint density at radius 1 is 1.32 bits per heavy atom. The highest BCUT2D eigenvalue weighted by molar-refractivity contribution is 8.13. The average Bonchev–Trinajstić information content (AvgIpc) is 3.15. The van der Waals surface area contributed by atoms with Gasteiger partial charge in [-0.3, -0.25) is 9.59 Å². The molecule has 0 N–H and O–H groups in total. The van der Waals surface area contributed by atoms with Gasteiger partial charge in [-0.1, -0.05) is 11.8 Å². The van der Waals surface area contributed by atoms with Crippen molar-refractivity contribution in [2.45, 2.75) is 13.3 Å². The average molecular weight is 316 g/mol. The molecule has 1 atom stereocenters. The summed E-state index contributed by atoms with van der Waals surface area (Å²) in [5, 5.41) is 4.17. The summed E-state index contributed by atoms with van der Waals surface area (Å²) in [5.74, 6) is 1.05. The zero-order valence-corrected chi connectivity index (χ0v) is 13.0. The highest BCUT2D eigenvalue weighted by Gasteiger charge is 2.30. The van der Waals surface area contributed by atoms with Crippen LogP contribution >= 0.6 is 11.8 Å². The van der Waals surface area contributed by atoms with Crippen molar-refractivity contribution in [3.63, 3.8) is 0 Å². The number of aromatic nitrogens is 3. The van der Waals surface area contributed by atoms with E-state index in [2.05, 4.69) is 10.1 Å². The summed E-state index contributed by atoms with van der Waals surface area (Å²) in [4.78, 5) is 28.9. The maximum atomic E-state index is 12.1. The molecule has 0 radical (unpaired) electrons. The monoisotopic (exact) mass is 316 g/mol. The predicted octanol–water partition coefficient (Wildman–Crippen LogP) is 1.90. The van der Waals surface area contributed by atoms with E-state index < -0.39 is 0 Å². The lowest BCUT2D eigenvalue weighted by molar-refractivity contribution is -0.117. The third kappa shape index (κ3) is 3.19. The molecule has 22 heavy (non-hydrogen) atoms. The van der Waals surface area contributed by atoms with Crippen LogP contribution in [0.15, 0.2) is 36.9 Å². The molecule has 7 heteroatoms. The van der Waals surface area contributed by atoms with E-state index in [1.54, 1.807) is 22.8 Å². The molecule has 2 aromatic rings. The van der Waals surface area contributed by atoms with E-state index in [0.29, 0.717) is 18.7 Å². The van der Waals surface area contributed by atoms with Gasteiger partial charge < -0.3 is 4.90 Å². The van der Waals surface area contributed by atoms with Crippen molar-refractivity contribution in [2.24, 2.45) is 5.92 Å². The minimum absolute atomic E-state index is 0.100. The first-order valence-electron chi connectivity index (χ1n) is 7.02. The first-order valence-corrected chi connectivity index (χ1v) is 8.01. The van der Waals surface area contributed by atoms with E-state index in [0.717, 1.165) is 11.4 Å². The van der Waals surface area contributed by atoms with E-state index >= 15 is 0 Å². The Labute approximate surface area is 132 Å². The quantitative estimate of drug-likeness (QED) is 0.862. The van der Waals surface area contributed by atoms with Crippen molar-refractivity contribution < 1.29 is 9.59 Å². The van der Waals surface area contributed by atoms with E-state index in [1.807, 2.05) is 24.3 Å². The maximum absolute atomic E-state index is 12.1. The standard InChI is InChI=1S/C15H16N4O2S/c1-11(20)22-8-12-6-15(21)18(7-12)13-2-4-14(5-3-13)19-10-16-9-17-19/h2-5,9-10,12H,6-8H2,1H3. The lowest BCUT2D eigenvalue weighted by Gasteiger charge is -2.17. The molecule has 1 aromatic carbocycles. The van der Waals surface area contributed by atoms with Crippen molar-refractivity contribution in [1.82, 2.24) is 14.8 Å². The fourth-order valence-electron chi connectivity index (χ4n) is 2.50. The highest BCUT2D eigenvalue weighted by Crippen LogP contribution is 2.28. The molecule has 0 spiro atoms. The zero-order chi connectivity index (χ0) is 15.5. The van der Waals surface area contributed by atoms with Gasteiger partial charge in [-0.15, -0.1) is 0 Å². The number of thioether (sulfide) groups is 1. The van der Waals surface area contributed by atoms with Crippen LogP contribution in [0.25, 0.3) is 5.69 Å². The van der Waals surface area contributed by atoms with E-state index in [1.165, 1.54) is 18.1 Å². The number of rotatable bonds is 4. The minimum atomic E-state index is 0.100. The van der Waals surface area contributed by atoms with Crippen LogP contribution < -0.4 is 4.90 Å². The maximum Gasteiger partial charge on any atom is 0.227 e. The van der Waals surface area contributed by atoms with Crippen LogP contribution in [-0.4, -0.2) is 38.1 Å². The summed E-state index contributed by atoms with van der Waals surface area (Å²) in [5.41, 5.74) is 1.78. The summed E-state index contributed by atoms with van der Waals surface area (Å²) in [7, 11) is 0. The molecular formula is C15H16N4O2S. The smallest absolute Gasteiger partial charge is 0.227 e. The first kappa shape index (κ1) is 14.8. The number of hydrogen-bond donors (Lipinski definition) is 0. The van der Waals surface area contributed by atoms with E-state index in [4.69, 9.17) is 0 Å². The number of benzene rings is 1. The van der Waals surface area contributed by atoms with Crippen LogP contribution in [0.1, 0.15) is 13.3 Å². The molecule has 1 aromatic heterocycles.